The summed E-state index contributed by atoms with van der Waals surface area (Å²) in [6.45, 7) is 1.48. The molecule has 0 heterocycles. The van der Waals surface area contributed by atoms with E-state index in [9.17, 15) is 4.79 Å². The van der Waals surface area contributed by atoms with E-state index in [2.05, 4.69) is 17.4 Å². The third-order valence-electron chi connectivity index (χ3n) is 2.98. The Balaban J connectivity index is 1.99. The van der Waals surface area contributed by atoms with Crippen molar-refractivity contribution in [2.45, 2.75) is 0 Å². The van der Waals surface area contributed by atoms with E-state index in [4.69, 9.17) is 0 Å². The Morgan fingerprint density at radius 1 is 1.10 bits per heavy atom. The zero-order chi connectivity index (χ0) is 14.4. The van der Waals surface area contributed by atoms with E-state index in [-0.39, 0.29) is 5.91 Å². The monoisotopic (exact) mass is 266 g/mol. The Kier molecular flexibility index (Phi) is 4.91. The normalized spacial score (nSPS) is 10.6. The Bertz CT molecular complexity index is 547. The lowest BCUT2D eigenvalue weighted by Gasteiger charge is -2.10. The van der Waals surface area contributed by atoms with Crippen LogP contribution >= 0.6 is 0 Å². The first-order valence-corrected chi connectivity index (χ1v) is 6.58. The van der Waals surface area contributed by atoms with Crippen LogP contribution in [0, 0.1) is 12.1 Å². The van der Waals surface area contributed by atoms with Gasteiger partial charge in [0.05, 0.1) is 0 Å². The third-order valence-corrected chi connectivity index (χ3v) is 2.98. The van der Waals surface area contributed by atoms with Crippen molar-refractivity contribution in [1.29, 1.82) is 0 Å². The van der Waals surface area contributed by atoms with Gasteiger partial charge in [-0.1, -0.05) is 24.3 Å². The molecule has 0 spiro atoms. The molecule has 0 aliphatic rings. The van der Waals surface area contributed by atoms with Crippen molar-refractivity contribution in [2.24, 2.45) is 0 Å². The van der Waals surface area contributed by atoms with Crippen molar-refractivity contribution in [3.05, 3.63) is 60.2 Å². The highest BCUT2D eigenvalue weighted by Gasteiger charge is 2.05. The van der Waals surface area contributed by atoms with Crippen LogP contribution in [0.25, 0.3) is 11.1 Å². The molecular formula is C17H18N2O. The van der Waals surface area contributed by atoms with E-state index in [1.807, 2.05) is 61.5 Å². The SMILES string of the molecule is CN(C)CCNC(=O)c1ccc(-c2c[c][c]cc2)cc1. The number of hydrogen-bond acceptors (Lipinski definition) is 2. The second kappa shape index (κ2) is 6.87. The van der Waals surface area contributed by atoms with Gasteiger partial charge in [-0.25, -0.2) is 0 Å². The van der Waals surface area contributed by atoms with Crippen LogP contribution in [0.5, 0.6) is 0 Å². The van der Waals surface area contributed by atoms with Crippen molar-refractivity contribution >= 4 is 5.91 Å². The third kappa shape index (κ3) is 3.93. The van der Waals surface area contributed by atoms with Crippen LogP contribution in [0.2, 0.25) is 0 Å². The standard InChI is InChI=1S/C17H18N2O/c1-19(2)13-12-18-17(20)16-10-8-15(9-11-16)14-6-4-3-5-7-14/h4,6-11H,12-13H2,1-2H3,(H,18,20). The Morgan fingerprint density at radius 3 is 2.45 bits per heavy atom. The van der Waals surface area contributed by atoms with Gasteiger partial charge in [0.2, 0.25) is 0 Å². The smallest absolute Gasteiger partial charge is 0.251 e. The topological polar surface area (TPSA) is 32.3 Å². The van der Waals surface area contributed by atoms with Gasteiger partial charge in [0.25, 0.3) is 5.91 Å². The fourth-order valence-electron chi connectivity index (χ4n) is 1.84. The number of nitrogens with zero attached hydrogens (tertiary/aromatic N) is 1. The molecular weight excluding hydrogens is 248 g/mol. The molecule has 0 aliphatic carbocycles. The second-order valence-electron chi connectivity index (χ2n) is 4.86. The highest BCUT2D eigenvalue weighted by atomic mass is 16.1. The number of hydrogen-bond donors (Lipinski definition) is 1. The summed E-state index contributed by atoms with van der Waals surface area (Å²) in [6, 6.07) is 19.1. The summed E-state index contributed by atoms with van der Waals surface area (Å²) in [4.78, 5) is 14.0. The van der Waals surface area contributed by atoms with Crippen LogP contribution in [0.1, 0.15) is 10.4 Å². The van der Waals surface area contributed by atoms with Crippen LogP contribution in [0.3, 0.4) is 0 Å². The minimum absolute atomic E-state index is 0.0358. The summed E-state index contributed by atoms with van der Waals surface area (Å²) in [7, 11) is 3.96. The van der Waals surface area contributed by atoms with E-state index in [1.54, 1.807) is 0 Å². The summed E-state index contributed by atoms with van der Waals surface area (Å²) < 4.78 is 0. The molecule has 2 aromatic carbocycles. The number of carbonyl (C=O) groups excluding carboxylic acids is 1. The van der Waals surface area contributed by atoms with Gasteiger partial charge in [0.1, 0.15) is 0 Å². The van der Waals surface area contributed by atoms with Crippen molar-refractivity contribution < 1.29 is 4.79 Å². The van der Waals surface area contributed by atoms with Crippen LogP contribution in [0.15, 0.2) is 42.5 Å². The molecule has 2 aromatic rings. The molecule has 2 rings (SSSR count). The zero-order valence-corrected chi connectivity index (χ0v) is 11.8. The first-order chi connectivity index (χ1) is 9.66. The average Bonchev–Trinajstić information content (AvgIpc) is 2.48. The minimum atomic E-state index is -0.0358. The largest absolute Gasteiger partial charge is 0.351 e. The summed E-state index contributed by atoms with van der Waals surface area (Å²) >= 11 is 0. The fraction of sp³-hybridized carbons (Fsp3) is 0.235. The van der Waals surface area contributed by atoms with E-state index in [0.29, 0.717) is 12.1 Å². The van der Waals surface area contributed by atoms with Crippen molar-refractivity contribution in [3.8, 4) is 11.1 Å². The molecule has 3 nitrogen and oxygen atoms in total. The maximum atomic E-state index is 11.9. The maximum absolute atomic E-state index is 11.9. The predicted octanol–water partition coefficient (Wildman–Crippen LogP) is 2.25. The van der Waals surface area contributed by atoms with Crippen LogP contribution in [-0.4, -0.2) is 38.0 Å². The molecule has 20 heavy (non-hydrogen) atoms. The molecule has 0 saturated carbocycles. The molecule has 0 aliphatic heterocycles. The summed E-state index contributed by atoms with van der Waals surface area (Å²) in [5.41, 5.74) is 2.82. The van der Waals surface area contributed by atoms with Gasteiger partial charge < -0.3 is 10.2 Å². The quantitative estimate of drug-likeness (QED) is 0.900. The zero-order valence-electron chi connectivity index (χ0n) is 11.8. The molecule has 0 fully saturated rings. The first kappa shape index (κ1) is 14.3. The Hall–Kier alpha value is -2.13. The lowest BCUT2D eigenvalue weighted by molar-refractivity contribution is 0.0951. The maximum Gasteiger partial charge on any atom is 0.251 e. The van der Waals surface area contributed by atoms with Crippen LogP contribution in [0.4, 0.5) is 0 Å². The summed E-state index contributed by atoms with van der Waals surface area (Å²) in [6.07, 6.45) is 0. The van der Waals surface area contributed by atoms with E-state index in [0.717, 1.165) is 17.7 Å². The van der Waals surface area contributed by atoms with Gasteiger partial charge in [-0.3, -0.25) is 4.79 Å². The van der Waals surface area contributed by atoms with Crippen molar-refractivity contribution in [3.63, 3.8) is 0 Å². The molecule has 0 atom stereocenters. The average molecular weight is 266 g/mol. The molecule has 0 unspecified atom stereocenters. The van der Waals surface area contributed by atoms with Crippen LogP contribution < -0.4 is 5.32 Å². The minimum Gasteiger partial charge on any atom is -0.351 e. The lowest BCUT2D eigenvalue weighted by Crippen LogP contribution is -2.31. The number of carbonyl (C=O) groups is 1. The highest BCUT2D eigenvalue weighted by Crippen LogP contribution is 2.18. The summed E-state index contributed by atoms with van der Waals surface area (Å²) in [5.74, 6) is -0.0358. The van der Waals surface area contributed by atoms with Gasteiger partial charge in [0, 0.05) is 18.7 Å². The lowest BCUT2D eigenvalue weighted by atomic mass is 10.0. The number of nitrogens with one attached hydrogen (secondary N) is 1. The molecule has 0 saturated heterocycles. The number of rotatable bonds is 5. The molecule has 1 amide bonds. The molecule has 0 aromatic heterocycles. The number of benzene rings is 2. The van der Waals surface area contributed by atoms with Gasteiger partial charge in [-0.2, -0.15) is 0 Å². The predicted molar refractivity (Wildman–Crippen MR) is 80.4 cm³/mol. The Morgan fingerprint density at radius 2 is 1.85 bits per heavy atom. The van der Waals surface area contributed by atoms with E-state index < -0.39 is 0 Å². The molecule has 0 bridgehead atoms. The summed E-state index contributed by atoms with van der Waals surface area (Å²) in [5, 5.41) is 2.90. The first-order valence-electron chi connectivity index (χ1n) is 6.58. The van der Waals surface area contributed by atoms with E-state index in [1.165, 1.54) is 0 Å². The molecule has 1 N–H and O–H groups in total. The van der Waals surface area contributed by atoms with Gasteiger partial charge in [-0.05, 0) is 55.6 Å². The number of amides is 1. The van der Waals surface area contributed by atoms with Crippen LogP contribution in [-0.2, 0) is 0 Å². The van der Waals surface area contributed by atoms with Gasteiger partial charge >= 0.3 is 0 Å². The highest BCUT2D eigenvalue weighted by molar-refractivity contribution is 5.94. The fourth-order valence-corrected chi connectivity index (χ4v) is 1.84. The van der Waals surface area contributed by atoms with Gasteiger partial charge in [-0.15, -0.1) is 0 Å². The van der Waals surface area contributed by atoms with E-state index >= 15 is 0 Å². The van der Waals surface area contributed by atoms with Gasteiger partial charge in [0.15, 0.2) is 0 Å². The van der Waals surface area contributed by atoms with Crippen molar-refractivity contribution in [2.75, 3.05) is 27.2 Å². The molecule has 102 valence electrons. The van der Waals surface area contributed by atoms with Crippen molar-refractivity contribution in [1.82, 2.24) is 10.2 Å². The Labute approximate surface area is 120 Å². The molecule has 2 radical (unpaired) electrons. The molecule has 3 heteroatoms. The number of likely N-dealkylation sites (N-methyl/N-ethyl adjacent to an activating group) is 1. The second-order valence-corrected chi connectivity index (χ2v) is 4.86.